The molecule has 4 rings (SSSR count). The number of furan rings is 1. The average Bonchev–Trinajstić information content (AvgIpc) is 3.38. The Morgan fingerprint density at radius 3 is 2.83 bits per heavy atom. The zero-order valence-corrected chi connectivity index (χ0v) is 16.2. The van der Waals surface area contributed by atoms with Gasteiger partial charge in [0.1, 0.15) is 6.07 Å². The summed E-state index contributed by atoms with van der Waals surface area (Å²) in [5.41, 5.74) is 2.74. The van der Waals surface area contributed by atoms with Crippen LogP contribution in [0, 0.1) is 11.3 Å². The normalized spacial score (nSPS) is 20.8. The molecule has 2 amide bonds. The van der Waals surface area contributed by atoms with Crippen molar-refractivity contribution in [1.29, 1.82) is 5.26 Å². The third kappa shape index (κ3) is 3.49. The van der Waals surface area contributed by atoms with E-state index in [0.29, 0.717) is 5.56 Å². The number of aryl methyl sites for hydroxylation is 1. The average molecular weight is 394 g/mol. The van der Waals surface area contributed by atoms with E-state index in [4.69, 9.17) is 9.68 Å². The molecule has 0 bridgehead atoms. The number of rotatable bonds is 3. The van der Waals surface area contributed by atoms with Gasteiger partial charge in [-0.15, -0.1) is 0 Å². The zero-order chi connectivity index (χ0) is 20.5. The van der Waals surface area contributed by atoms with Crippen LogP contribution in [0.5, 0.6) is 0 Å². The first-order valence-electron chi connectivity index (χ1n) is 9.69. The molecule has 29 heavy (non-hydrogen) atoms. The van der Waals surface area contributed by atoms with E-state index in [0.717, 1.165) is 36.8 Å². The Hall–Kier alpha value is -3.18. The van der Waals surface area contributed by atoms with Crippen molar-refractivity contribution in [1.82, 2.24) is 14.8 Å². The Kier molecular flexibility index (Phi) is 5.07. The molecule has 0 unspecified atom stereocenters. The fraction of sp³-hybridized carbons (Fsp3) is 0.429. The van der Waals surface area contributed by atoms with Crippen molar-refractivity contribution >= 4 is 11.8 Å². The molecule has 0 saturated carbocycles. The maximum atomic E-state index is 13.2. The molecule has 0 spiro atoms. The van der Waals surface area contributed by atoms with Gasteiger partial charge in [0, 0.05) is 32.5 Å². The summed E-state index contributed by atoms with van der Waals surface area (Å²) in [5.74, 6) is -0.505. The lowest BCUT2D eigenvalue weighted by atomic mass is 9.89. The van der Waals surface area contributed by atoms with Crippen molar-refractivity contribution in [3.8, 4) is 6.07 Å². The molecule has 1 aliphatic carbocycles. The highest BCUT2D eigenvalue weighted by atomic mass is 16.4. The Morgan fingerprint density at radius 1 is 1.28 bits per heavy atom. The fourth-order valence-electron chi connectivity index (χ4n) is 4.17. The van der Waals surface area contributed by atoms with Crippen LogP contribution in [0.3, 0.4) is 0 Å². The van der Waals surface area contributed by atoms with Crippen LogP contribution in [0.25, 0.3) is 0 Å². The highest BCUT2D eigenvalue weighted by Crippen LogP contribution is 2.26. The molecule has 2 aliphatic rings. The summed E-state index contributed by atoms with van der Waals surface area (Å²) < 4.78 is 5.19. The number of aliphatic hydroxyl groups is 1. The highest BCUT2D eigenvalue weighted by Gasteiger charge is 2.39. The maximum Gasteiger partial charge on any atom is 0.289 e. The summed E-state index contributed by atoms with van der Waals surface area (Å²) in [4.78, 5) is 33.0. The van der Waals surface area contributed by atoms with Gasteiger partial charge in [0.25, 0.3) is 11.8 Å². The van der Waals surface area contributed by atoms with E-state index in [1.807, 2.05) is 12.3 Å². The Balaban J connectivity index is 1.51. The molecular weight excluding hydrogens is 372 g/mol. The van der Waals surface area contributed by atoms with Crippen LogP contribution >= 0.6 is 0 Å². The quantitative estimate of drug-likeness (QED) is 0.842. The second-order valence-corrected chi connectivity index (χ2v) is 7.57. The van der Waals surface area contributed by atoms with Crippen molar-refractivity contribution in [3.05, 3.63) is 52.7 Å². The molecule has 1 fully saturated rings. The Labute approximate surface area is 168 Å². The predicted octanol–water partition coefficient (Wildman–Crippen LogP) is 1.38. The lowest BCUT2D eigenvalue weighted by Gasteiger charge is -2.28. The van der Waals surface area contributed by atoms with Crippen LogP contribution < -0.4 is 0 Å². The summed E-state index contributed by atoms with van der Waals surface area (Å²) in [6.45, 7) is 0.280. The van der Waals surface area contributed by atoms with E-state index in [1.165, 1.54) is 21.9 Å². The lowest BCUT2D eigenvalue weighted by molar-refractivity contribution is 0.0579. The number of nitrogens with zero attached hydrogens (tertiary/aromatic N) is 4. The number of aromatic nitrogens is 1. The molecule has 3 heterocycles. The summed E-state index contributed by atoms with van der Waals surface area (Å²) in [6, 6.07) is 4.18. The minimum absolute atomic E-state index is 0.0460. The summed E-state index contributed by atoms with van der Waals surface area (Å²) in [5, 5.41) is 19.4. The summed E-state index contributed by atoms with van der Waals surface area (Å²) >= 11 is 0. The molecule has 8 nitrogen and oxygen atoms in total. The van der Waals surface area contributed by atoms with Crippen molar-refractivity contribution in [2.45, 2.75) is 37.8 Å². The molecular formula is C21H22N4O4. The van der Waals surface area contributed by atoms with Crippen LogP contribution in [0.4, 0.5) is 0 Å². The molecule has 150 valence electrons. The second kappa shape index (κ2) is 7.68. The van der Waals surface area contributed by atoms with E-state index in [-0.39, 0.29) is 30.5 Å². The minimum Gasteiger partial charge on any atom is -0.440 e. The van der Waals surface area contributed by atoms with Gasteiger partial charge >= 0.3 is 0 Å². The maximum absolute atomic E-state index is 13.2. The first kappa shape index (κ1) is 19.2. The molecule has 0 radical (unpaired) electrons. The van der Waals surface area contributed by atoms with Gasteiger partial charge < -0.3 is 19.3 Å². The van der Waals surface area contributed by atoms with Crippen LogP contribution in [0.1, 0.15) is 50.6 Å². The van der Waals surface area contributed by atoms with Crippen molar-refractivity contribution < 1.29 is 19.1 Å². The standard InChI is InChI=1S/C21H22N4O4/c1-24(20(27)16-10-23-9-13-4-2-3-5-15(13)16)17-11-25(12-18(17)26)21(28)19-7-6-14(8-22)29-19/h6-7,9-10,17-18,26H,2-5,11-12H2,1H3/t17-,18-/m1/s1. The van der Waals surface area contributed by atoms with E-state index < -0.39 is 18.1 Å². The number of nitriles is 1. The Bertz CT molecular complexity index is 993. The lowest BCUT2D eigenvalue weighted by Crippen LogP contribution is -2.45. The van der Waals surface area contributed by atoms with Gasteiger partial charge in [-0.2, -0.15) is 5.26 Å². The molecule has 8 heteroatoms. The molecule has 1 N–H and O–H groups in total. The van der Waals surface area contributed by atoms with Crippen molar-refractivity contribution in [2.75, 3.05) is 20.1 Å². The molecule has 1 aliphatic heterocycles. The third-order valence-electron chi connectivity index (χ3n) is 5.79. The number of fused-ring (bicyclic) bond motifs is 1. The number of likely N-dealkylation sites (N-methyl/N-ethyl adjacent to an activating group) is 1. The molecule has 2 aromatic rings. The number of carbonyl (C=O) groups excluding carboxylic acids is 2. The Morgan fingerprint density at radius 2 is 2.07 bits per heavy atom. The van der Waals surface area contributed by atoms with E-state index >= 15 is 0 Å². The number of aliphatic hydroxyl groups excluding tert-OH is 1. The van der Waals surface area contributed by atoms with Gasteiger partial charge in [-0.05, 0) is 48.9 Å². The highest BCUT2D eigenvalue weighted by molar-refractivity contribution is 5.96. The molecule has 2 aromatic heterocycles. The number of hydrogen-bond donors (Lipinski definition) is 1. The number of carbonyl (C=O) groups is 2. The van der Waals surface area contributed by atoms with Crippen molar-refractivity contribution in [2.24, 2.45) is 0 Å². The van der Waals surface area contributed by atoms with Crippen LogP contribution in [0.15, 0.2) is 28.9 Å². The number of amides is 2. The number of pyridine rings is 1. The zero-order valence-electron chi connectivity index (χ0n) is 16.2. The molecule has 2 atom stereocenters. The SMILES string of the molecule is CN(C(=O)c1cncc2c1CCCC2)[C@@H]1CN(C(=O)c2ccc(C#N)o2)C[C@H]1O. The van der Waals surface area contributed by atoms with E-state index in [9.17, 15) is 14.7 Å². The smallest absolute Gasteiger partial charge is 0.289 e. The van der Waals surface area contributed by atoms with Crippen LogP contribution in [0.2, 0.25) is 0 Å². The van der Waals surface area contributed by atoms with Gasteiger partial charge in [0.05, 0.1) is 17.7 Å². The summed E-state index contributed by atoms with van der Waals surface area (Å²) in [6.07, 6.45) is 6.48. The monoisotopic (exact) mass is 394 g/mol. The van der Waals surface area contributed by atoms with Gasteiger partial charge in [0.15, 0.2) is 5.76 Å². The van der Waals surface area contributed by atoms with Crippen molar-refractivity contribution in [3.63, 3.8) is 0 Å². The van der Waals surface area contributed by atoms with Gasteiger partial charge in [-0.1, -0.05) is 0 Å². The number of likely N-dealkylation sites (tertiary alicyclic amines) is 1. The third-order valence-corrected chi connectivity index (χ3v) is 5.79. The first-order chi connectivity index (χ1) is 14.0. The van der Waals surface area contributed by atoms with Crippen LogP contribution in [-0.2, 0) is 12.8 Å². The topological polar surface area (TPSA) is 111 Å². The molecule has 0 aromatic carbocycles. The van der Waals surface area contributed by atoms with Gasteiger partial charge in [0.2, 0.25) is 5.76 Å². The minimum atomic E-state index is -0.870. The van der Waals surface area contributed by atoms with Gasteiger partial charge in [-0.25, -0.2) is 0 Å². The van der Waals surface area contributed by atoms with Crippen LogP contribution in [-0.4, -0.2) is 64.0 Å². The molecule has 1 saturated heterocycles. The number of hydrogen-bond acceptors (Lipinski definition) is 6. The summed E-state index contributed by atoms with van der Waals surface area (Å²) in [7, 11) is 1.65. The van der Waals surface area contributed by atoms with Gasteiger partial charge in [-0.3, -0.25) is 14.6 Å². The number of β-amino-alcohol motifs (C(OH)–C–C–N with tert-alkyl or cyclic N) is 1. The predicted molar refractivity (Wildman–Crippen MR) is 102 cm³/mol. The van der Waals surface area contributed by atoms with E-state index in [2.05, 4.69) is 4.98 Å². The fourth-order valence-corrected chi connectivity index (χ4v) is 4.17. The van der Waals surface area contributed by atoms with E-state index in [1.54, 1.807) is 13.2 Å². The second-order valence-electron chi connectivity index (χ2n) is 7.57. The largest absolute Gasteiger partial charge is 0.440 e. The first-order valence-corrected chi connectivity index (χ1v) is 9.69.